The number of rotatable bonds is 7. The molecule has 108 valence electrons. The zero-order valence-corrected chi connectivity index (χ0v) is 12.5. The van der Waals surface area contributed by atoms with Gasteiger partial charge in [0, 0.05) is 22.7 Å². The third-order valence-corrected chi connectivity index (χ3v) is 3.97. The Bertz CT molecular complexity index is 547. The highest BCUT2D eigenvalue weighted by molar-refractivity contribution is 7.99. The van der Waals surface area contributed by atoms with Gasteiger partial charge in [0.25, 0.3) is 0 Å². The first kappa shape index (κ1) is 14.9. The highest BCUT2D eigenvalue weighted by atomic mass is 32.2. The van der Waals surface area contributed by atoms with Gasteiger partial charge in [-0.3, -0.25) is 4.79 Å². The minimum absolute atomic E-state index is 0.175. The number of thioether (sulfide) groups is 1. The van der Waals surface area contributed by atoms with Crippen molar-refractivity contribution in [2.75, 3.05) is 5.75 Å². The Morgan fingerprint density at radius 2 is 2.15 bits per heavy atom. The average molecular weight is 292 g/mol. The monoisotopic (exact) mass is 292 g/mol. The Labute approximate surface area is 123 Å². The summed E-state index contributed by atoms with van der Waals surface area (Å²) in [5, 5.41) is 14.5. The first-order valence-electron chi connectivity index (χ1n) is 6.75. The molecule has 20 heavy (non-hydrogen) atoms. The summed E-state index contributed by atoms with van der Waals surface area (Å²) in [5.41, 5.74) is 1.12. The molecular formula is C15H20N2O2S. The summed E-state index contributed by atoms with van der Waals surface area (Å²) in [7, 11) is 0. The largest absolute Gasteiger partial charge is 0.480 e. The fourth-order valence-corrected chi connectivity index (χ4v) is 3.06. The maximum Gasteiger partial charge on any atom is 0.320 e. The SMILES string of the molecule is CC(C)NC(CCSc1cc2ccccc2[nH]1)C(=O)O. The smallest absolute Gasteiger partial charge is 0.320 e. The molecule has 0 radical (unpaired) electrons. The van der Waals surface area contributed by atoms with Crippen LogP contribution in [0.5, 0.6) is 0 Å². The topological polar surface area (TPSA) is 65.1 Å². The second kappa shape index (κ2) is 6.81. The van der Waals surface area contributed by atoms with E-state index in [2.05, 4.69) is 22.4 Å². The Kier molecular flexibility index (Phi) is 5.09. The van der Waals surface area contributed by atoms with Crippen molar-refractivity contribution in [2.45, 2.75) is 37.4 Å². The van der Waals surface area contributed by atoms with Gasteiger partial charge in [-0.15, -0.1) is 11.8 Å². The van der Waals surface area contributed by atoms with Crippen LogP contribution in [0.2, 0.25) is 0 Å². The number of aromatic amines is 1. The van der Waals surface area contributed by atoms with E-state index in [1.807, 2.05) is 32.0 Å². The summed E-state index contributed by atoms with van der Waals surface area (Å²) in [6, 6.07) is 9.92. The number of fused-ring (bicyclic) bond motifs is 1. The third kappa shape index (κ3) is 4.02. The molecule has 0 amide bonds. The number of aromatic nitrogens is 1. The molecule has 0 saturated heterocycles. The molecule has 0 aliphatic rings. The molecule has 1 heterocycles. The van der Waals surface area contributed by atoms with Crippen LogP contribution < -0.4 is 5.32 Å². The molecule has 0 bridgehead atoms. The van der Waals surface area contributed by atoms with Crippen molar-refractivity contribution in [2.24, 2.45) is 0 Å². The van der Waals surface area contributed by atoms with E-state index in [0.29, 0.717) is 6.42 Å². The van der Waals surface area contributed by atoms with Gasteiger partial charge in [0.15, 0.2) is 0 Å². The van der Waals surface area contributed by atoms with Gasteiger partial charge in [-0.1, -0.05) is 32.0 Å². The second-order valence-electron chi connectivity index (χ2n) is 5.07. The maximum atomic E-state index is 11.1. The van der Waals surface area contributed by atoms with Crippen molar-refractivity contribution in [3.8, 4) is 0 Å². The molecule has 0 saturated carbocycles. The molecule has 2 aromatic rings. The van der Waals surface area contributed by atoms with E-state index in [4.69, 9.17) is 5.11 Å². The molecule has 1 atom stereocenters. The molecule has 0 aliphatic carbocycles. The third-order valence-electron chi connectivity index (χ3n) is 3.00. The van der Waals surface area contributed by atoms with Crippen LogP contribution >= 0.6 is 11.8 Å². The summed E-state index contributed by atoms with van der Waals surface area (Å²) in [6.45, 7) is 3.92. The van der Waals surface area contributed by atoms with E-state index >= 15 is 0 Å². The molecule has 0 aliphatic heterocycles. The predicted octanol–water partition coefficient (Wildman–Crippen LogP) is 3.10. The molecule has 0 spiro atoms. The van der Waals surface area contributed by atoms with Crippen LogP contribution in [0.4, 0.5) is 0 Å². The summed E-state index contributed by atoms with van der Waals surface area (Å²) < 4.78 is 0. The van der Waals surface area contributed by atoms with Crippen LogP contribution in [0.25, 0.3) is 10.9 Å². The minimum Gasteiger partial charge on any atom is -0.480 e. The number of nitrogens with one attached hydrogen (secondary N) is 2. The number of hydrogen-bond acceptors (Lipinski definition) is 3. The molecule has 3 N–H and O–H groups in total. The van der Waals surface area contributed by atoms with E-state index in [-0.39, 0.29) is 6.04 Å². The zero-order chi connectivity index (χ0) is 14.5. The highest BCUT2D eigenvalue weighted by Gasteiger charge is 2.17. The van der Waals surface area contributed by atoms with Gasteiger partial charge in [-0.2, -0.15) is 0 Å². The first-order chi connectivity index (χ1) is 9.56. The van der Waals surface area contributed by atoms with Crippen LogP contribution in [-0.2, 0) is 4.79 Å². The summed E-state index contributed by atoms with van der Waals surface area (Å²) in [6.07, 6.45) is 0.605. The quantitative estimate of drug-likeness (QED) is 0.686. The Morgan fingerprint density at radius 1 is 1.40 bits per heavy atom. The normalized spacial score (nSPS) is 12.9. The maximum absolute atomic E-state index is 11.1. The van der Waals surface area contributed by atoms with Crippen molar-refractivity contribution in [3.63, 3.8) is 0 Å². The number of carbonyl (C=O) groups is 1. The molecule has 4 nitrogen and oxygen atoms in total. The van der Waals surface area contributed by atoms with Gasteiger partial charge in [0.1, 0.15) is 6.04 Å². The summed E-state index contributed by atoms with van der Waals surface area (Å²) in [5.74, 6) is -0.0142. The van der Waals surface area contributed by atoms with Crippen molar-refractivity contribution in [3.05, 3.63) is 30.3 Å². The van der Waals surface area contributed by atoms with Crippen LogP contribution in [-0.4, -0.2) is 33.9 Å². The van der Waals surface area contributed by atoms with E-state index < -0.39 is 12.0 Å². The van der Waals surface area contributed by atoms with Crippen LogP contribution in [0.3, 0.4) is 0 Å². The fraction of sp³-hybridized carbons (Fsp3) is 0.400. The van der Waals surface area contributed by atoms with Crippen molar-refractivity contribution >= 4 is 28.6 Å². The van der Waals surface area contributed by atoms with Gasteiger partial charge in [-0.25, -0.2) is 0 Å². The van der Waals surface area contributed by atoms with Crippen LogP contribution in [0, 0.1) is 0 Å². The van der Waals surface area contributed by atoms with E-state index in [0.717, 1.165) is 16.3 Å². The van der Waals surface area contributed by atoms with Crippen LogP contribution in [0.1, 0.15) is 20.3 Å². The molecule has 2 rings (SSSR count). The zero-order valence-electron chi connectivity index (χ0n) is 11.7. The Morgan fingerprint density at radius 3 is 2.80 bits per heavy atom. The van der Waals surface area contributed by atoms with Crippen molar-refractivity contribution in [1.82, 2.24) is 10.3 Å². The number of aliphatic carboxylic acids is 1. The highest BCUT2D eigenvalue weighted by Crippen LogP contribution is 2.23. The number of hydrogen-bond donors (Lipinski definition) is 3. The standard InChI is InChI=1S/C15H20N2O2S/c1-10(2)16-13(15(18)19)7-8-20-14-9-11-5-3-4-6-12(11)17-14/h3-6,9-10,13,16-17H,7-8H2,1-2H3,(H,18,19). The van der Waals surface area contributed by atoms with Crippen molar-refractivity contribution in [1.29, 1.82) is 0 Å². The molecule has 1 aromatic carbocycles. The molecule has 1 unspecified atom stereocenters. The number of para-hydroxylation sites is 1. The number of H-pyrrole nitrogens is 1. The number of carboxylic acid groups (broad SMARTS) is 1. The van der Waals surface area contributed by atoms with Crippen molar-refractivity contribution < 1.29 is 9.90 Å². The fourth-order valence-electron chi connectivity index (χ4n) is 2.09. The van der Waals surface area contributed by atoms with Gasteiger partial charge in [0.05, 0.1) is 5.03 Å². The second-order valence-corrected chi connectivity index (χ2v) is 6.21. The summed E-state index contributed by atoms with van der Waals surface area (Å²) in [4.78, 5) is 14.5. The van der Waals surface area contributed by atoms with Gasteiger partial charge in [0.2, 0.25) is 0 Å². The molecule has 5 heteroatoms. The van der Waals surface area contributed by atoms with Crippen LogP contribution in [0.15, 0.2) is 35.4 Å². The van der Waals surface area contributed by atoms with E-state index in [1.54, 1.807) is 11.8 Å². The molecular weight excluding hydrogens is 272 g/mol. The van der Waals surface area contributed by atoms with E-state index in [1.165, 1.54) is 5.39 Å². The predicted molar refractivity (Wildman–Crippen MR) is 83.3 cm³/mol. The summed E-state index contributed by atoms with van der Waals surface area (Å²) >= 11 is 1.66. The Hall–Kier alpha value is -1.46. The van der Waals surface area contributed by atoms with Gasteiger partial charge >= 0.3 is 5.97 Å². The number of benzene rings is 1. The first-order valence-corrected chi connectivity index (χ1v) is 7.74. The van der Waals surface area contributed by atoms with Gasteiger partial charge < -0.3 is 15.4 Å². The molecule has 1 aromatic heterocycles. The minimum atomic E-state index is -0.782. The van der Waals surface area contributed by atoms with Gasteiger partial charge in [-0.05, 0) is 18.6 Å². The Balaban J connectivity index is 1.89. The lowest BCUT2D eigenvalue weighted by molar-refractivity contribution is -0.139. The lowest BCUT2D eigenvalue weighted by atomic mass is 10.2. The average Bonchev–Trinajstić information content (AvgIpc) is 2.79. The van der Waals surface area contributed by atoms with E-state index in [9.17, 15) is 4.79 Å². The lowest BCUT2D eigenvalue weighted by Crippen LogP contribution is -2.41. The number of carboxylic acids is 1. The molecule has 0 fully saturated rings. The lowest BCUT2D eigenvalue weighted by Gasteiger charge is -2.16.